The second-order valence-electron chi connectivity index (χ2n) is 7.92. The third-order valence-corrected chi connectivity index (χ3v) is 5.85. The van der Waals surface area contributed by atoms with Crippen LogP contribution in [0.2, 0.25) is 0 Å². The quantitative estimate of drug-likeness (QED) is 0.439. The predicted molar refractivity (Wildman–Crippen MR) is 109 cm³/mol. The number of piperidine rings is 1. The number of nitrogens with two attached hydrogens (primary N) is 1. The minimum Gasteiger partial charge on any atom is -0.333 e. The number of pyridine rings is 1. The fraction of sp³-hybridized carbons (Fsp3) is 0.381. The van der Waals surface area contributed by atoms with Gasteiger partial charge in [0, 0.05) is 25.0 Å². The second kappa shape index (κ2) is 8.19. The van der Waals surface area contributed by atoms with Crippen LogP contribution in [0.15, 0.2) is 42.6 Å². The van der Waals surface area contributed by atoms with Gasteiger partial charge in [0.05, 0.1) is 36.2 Å². The second-order valence-corrected chi connectivity index (χ2v) is 7.92. The van der Waals surface area contributed by atoms with Crippen LogP contribution >= 0.6 is 0 Å². The predicted octanol–water partition coefficient (Wildman–Crippen LogP) is 0.582. The number of imide groups is 1. The Hall–Kier alpha value is -3.33. The summed E-state index contributed by atoms with van der Waals surface area (Å²) in [5.74, 6) is 0.551. The lowest BCUT2D eigenvalue weighted by Gasteiger charge is -2.27. The molecular formula is C21H25N5O4+2. The Morgan fingerprint density at radius 2 is 1.80 bits per heavy atom. The van der Waals surface area contributed by atoms with Gasteiger partial charge in [0.25, 0.3) is 11.7 Å². The Labute approximate surface area is 173 Å². The molecule has 30 heavy (non-hydrogen) atoms. The summed E-state index contributed by atoms with van der Waals surface area (Å²) >= 11 is 0. The van der Waals surface area contributed by atoms with E-state index in [2.05, 4.69) is 9.88 Å². The van der Waals surface area contributed by atoms with Crippen molar-refractivity contribution in [3.63, 3.8) is 0 Å². The zero-order valence-electron chi connectivity index (χ0n) is 16.8. The number of carbonyl (C=O) groups is 2. The number of aromatic amines is 1. The summed E-state index contributed by atoms with van der Waals surface area (Å²) in [7, 11) is 0. The molecule has 2 aliphatic heterocycles. The molecule has 1 atom stereocenters. The van der Waals surface area contributed by atoms with Crippen LogP contribution in [0, 0.1) is 17.0 Å². The van der Waals surface area contributed by atoms with Crippen molar-refractivity contribution in [2.75, 3.05) is 22.9 Å². The molecule has 4 rings (SSSR count). The topological polar surface area (TPSA) is 115 Å². The number of rotatable bonds is 5. The highest BCUT2D eigenvalue weighted by Crippen LogP contribution is 2.23. The number of H-pyrrole nitrogens is 1. The average molecular weight is 411 g/mol. The molecule has 0 aliphatic carbocycles. The van der Waals surface area contributed by atoms with Gasteiger partial charge in [-0.25, -0.2) is 9.88 Å². The highest BCUT2D eigenvalue weighted by atomic mass is 16.6. The SMILES string of the molecule is Cc1ccc(N2C(=O)C[C@@H]([NH2+]C3CCN(c4ccc([N+](=O)[O-])c[nH+]4)CC3)C2=O)cc1. The number of aromatic nitrogens is 1. The van der Waals surface area contributed by atoms with Crippen LogP contribution in [0.4, 0.5) is 17.2 Å². The van der Waals surface area contributed by atoms with E-state index in [9.17, 15) is 19.7 Å². The van der Waals surface area contributed by atoms with Crippen molar-refractivity contribution in [1.82, 2.24) is 0 Å². The molecule has 2 amide bonds. The summed E-state index contributed by atoms with van der Waals surface area (Å²) in [5, 5.41) is 12.8. The molecule has 9 nitrogen and oxygen atoms in total. The highest BCUT2D eigenvalue weighted by Gasteiger charge is 2.44. The largest absolute Gasteiger partial charge is 0.333 e. The van der Waals surface area contributed by atoms with E-state index in [4.69, 9.17) is 0 Å². The molecule has 0 spiro atoms. The summed E-state index contributed by atoms with van der Waals surface area (Å²) in [6.07, 6.45) is 3.36. The summed E-state index contributed by atoms with van der Waals surface area (Å²) in [4.78, 5) is 42.1. The van der Waals surface area contributed by atoms with Gasteiger partial charge in [-0.1, -0.05) is 17.7 Å². The molecule has 2 saturated heterocycles. The number of quaternary nitrogens is 1. The number of hydrogen-bond acceptors (Lipinski definition) is 5. The van der Waals surface area contributed by atoms with Crippen molar-refractivity contribution in [2.24, 2.45) is 0 Å². The van der Waals surface area contributed by atoms with Gasteiger partial charge < -0.3 is 5.32 Å². The standard InChI is InChI=1S/C21H23N5O4/c1-14-2-4-16(5-3-14)25-20(27)12-18(21(25)28)23-15-8-10-24(11-9-15)19-7-6-17(13-22-19)26(29)30/h2-7,13,15,18,23H,8-12H2,1H3/p+2/t18-/m1/s1. The highest BCUT2D eigenvalue weighted by molar-refractivity contribution is 6.21. The Balaban J connectivity index is 1.34. The number of nitro groups is 1. The van der Waals surface area contributed by atoms with Crippen LogP contribution < -0.4 is 20.1 Å². The van der Waals surface area contributed by atoms with E-state index in [0.717, 1.165) is 37.3 Å². The fourth-order valence-electron chi connectivity index (χ4n) is 4.15. The van der Waals surface area contributed by atoms with E-state index in [1.54, 1.807) is 6.07 Å². The van der Waals surface area contributed by atoms with Gasteiger partial charge in [-0.3, -0.25) is 24.6 Å². The van der Waals surface area contributed by atoms with E-state index in [1.807, 2.05) is 36.5 Å². The van der Waals surface area contributed by atoms with E-state index in [1.165, 1.54) is 17.2 Å². The van der Waals surface area contributed by atoms with Crippen LogP contribution in [-0.2, 0) is 9.59 Å². The van der Waals surface area contributed by atoms with Gasteiger partial charge in [0.2, 0.25) is 5.91 Å². The van der Waals surface area contributed by atoms with E-state index >= 15 is 0 Å². The Kier molecular flexibility index (Phi) is 5.45. The van der Waals surface area contributed by atoms with Gasteiger partial charge in [0.1, 0.15) is 0 Å². The Morgan fingerprint density at radius 1 is 1.10 bits per heavy atom. The molecule has 0 unspecified atom stereocenters. The molecule has 1 aromatic heterocycles. The molecule has 0 radical (unpaired) electrons. The number of carbonyl (C=O) groups excluding carboxylic acids is 2. The summed E-state index contributed by atoms with van der Waals surface area (Å²) in [6.45, 7) is 3.53. The molecule has 2 aliphatic rings. The van der Waals surface area contributed by atoms with E-state index in [0.29, 0.717) is 5.69 Å². The van der Waals surface area contributed by atoms with Crippen molar-refractivity contribution in [3.8, 4) is 0 Å². The van der Waals surface area contributed by atoms with Crippen LogP contribution in [-0.4, -0.2) is 41.9 Å². The summed E-state index contributed by atoms with van der Waals surface area (Å²) < 4.78 is 0. The van der Waals surface area contributed by atoms with Gasteiger partial charge in [0.15, 0.2) is 12.2 Å². The minimum atomic E-state index is -0.429. The monoisotopic (exact) mass is 411 g/mol. The number of amides is 2. The molecule has 156 valence electrons. The Morgan fingerprint density at radius 3 is 2.40 bits per heavy atom. The summed E-state index contributed by atoms with van der Waals surface area (Å²) in [6, 6.07) is 10.5. The maximum Gasteiger partial charge on any atom is 0.308 e. The van der Waals surface area contributed by atoms with E-state index < -0.39 is 4.92 Å². The van der Waals surface area contributed by atoms with Crippen molar-refractivity contribution in [3.05, 3.63) is 58.3 Å². The molecule has 0 bridgehead atoms. The maximum absolute atomic E-state index is 12.9. The number of nitrogens with one attached hydrogen (secondary N) is 1. The average Bonchev–Trinajstić information content (AvgIpc) is 3.02. The first-order valence-electron chi connectivity index (χ1n) is 10.1. The first-order chi connectivity index (χ1) is 14.4. The number of hydrogen-bond donors (Lipinski definition) is 1. The number of anilines is 2. The smallest absolute Gasteiger partial charge is 0.308 e. The Bertz CT molecular complexity index is 952. The lowest BCUT2D eigenvalue weighted by Crippen LogP contribution is -2.97. The lowest BCUT2D eigenvalue weighted by molar-refractivity contribution is -0.709. The normalized spacial score (nSPS) is 20.1. The molecule has 2 fully saturated rings. The van der Waals surface area contributed by atoms with Crippen molar-refractivity contribution in [1.29, 1.82) is 0 Å². The maximum atomic E-state index is 12.9. The number of nitrogens with zero attached hydrogens (tertiary/aromatic N) is 3. The van der Waals surface area contributed by atoms with Crippen LogP contribution in [0.3, 0.4) is 0 Å². The van der Waals surface area contributed by atoms with Crippen molar-refractivity contribution in [2.45, 2.75) is 38.3 Å². The molecule has 3 N–H and O–H groups in total. The van der Waals surface area contributed by atoms with Gasteiger partial charge in [-0.05, 0) is 19.1 Å². The molecule has 1 aromatic carbocycles. The fourth-order valence-corrected chi connectivity index (χ4v) is 4.15. The van der Waals surface area contributed by atoms with Gasteiger partial charge in [-0.15, -0.1) is 0 Å². The molecule has 9 heteroatoms. The van der Waals surface area contributed by atoms with Crippen molar-refractivity contribution < 1.29 is 24.8 Å². The molecule has 0 saturated carbocycles. The van der Waals surface area contributed by atoms with Crippen LogP contribution in [0.25, 0.3) is 0 Å². The van der Waals surface area contributed by atoms with Gasteiger partial charge >= 0.3 is 5.69 Å². The first-order valence-corrected chi connectivity index (χ1v) is 10.1. The van der Waals surface area contributed by atoms with Crippen molar-refractivity contribution >= 4 is 29.0 Å². The third-order valence-electron chi connectivity index (χ3n) is 5.85. The first kappa shape index (κ1) is 20.0. The zero-order chi connectivity index (χ0) is 21.3. The van der Waals surface area contributed by atoms with Gasteiger partial charge in [-0.2, -0.15) is 0 Å². The number of benzene rings is 1. The third kappa shape index (κ3) is 4.02. The minimum absolute atomic E-state index is 0.0320. The van der Waals surface area contributed by atoms with Crippen LogP contribution in [0.1, 0.15) is 24.8 Å². The summed E-state index contributed by atoms with van der Waals surface area (Å²) in [5.41, 5.74) is 1.75. The lowest BCUT2D eigenvalue weighted by atomic mass is 10.0. The molecular weight excluding hydrogens is 386 g/mol. The molecule has 2 aromatic rings. The van der Waals surface area contributed by atoms with E-state index in [-0.39, 0.29) is 36.0 Å². The number of aryl methyl sites for hydroxylation is 1. The molecule has 3 heterocycles. The zero-order valence-corrected chi connectivity index (χ0v) is 16.8. The van der Waals surface area contributed by atoms with Crippen LogP contribution in [0.5, 0.6) is 0 Å².